The second-order valence-electron chi connectivity index (χ2n) is 2.84. The topological polar surface area (TPSA) is 52.5 Å². The summed E-state index contributed by atoms with van der Waals surface area (Å²) in [6.45, 7) is 0.0875. The molecule has 0 aliphatic rings. The van der Waals surface area contributed by atoms with E-state index in [4.69, 9.17) is 10.2 Å². The SMILES string of the molecule is OCC(O)CNc1cc(Br)ccc1Br. The maximum absolute atomic E-state index is 9.14. The number of halogens is 2. The summed E-state index contributed by atoms with van der Waals surface area (Å²) in [5.41, 5.74) is 0.881. The molecule has 0 aliphatic heterocycles. The second-order valence-corrected chi connectivity index (χ2v) is 4.61. The minimum Gasteiger partial charge on any atom is -0.394 e. The van der Waals surface area contributed by atoms with Gasteiger partial charge in [0.15, 0.2) is 0 Å². The van der Waals surface area contributed by atoms with Crippen LogP contribution in [0.15, 0.2) is 27.1 Å². The highest BCUT2D eigenvalue weighted by atomic mass is 79.9. The number of hydrogen-bond donors (Lipinski definition) is 3. The van der Waals surface area contributed by atoms with Crippen LogP contribution in [0.1, 0.15) is 0 Å². The molecule has 0 saturated heterocycles. The Kier molecular flexibility index (Phi) is 4.88. The highest BCUT2D eigenvalue weighted by molar-refractivity contribution is 9.11. The number of aliphatic hydroxyl groups is 2. The van der Waals surface area contributed by atoms with Gasteiger partial charge in [-0.05, 0) is 34.1 Å². The summed E-state index contributed by atoms with van der Waals surface area (Å²) in [5, 5.41) is 20.8. The zero-order chi connectivity index (χ0) is 10.6. The van der Waals surface area contributed by atoms with E-state index in [0.29, 0.717) is 6.54 Å². The van der Waals surface area contributed by atoms with Crippen molar-refractivity contribution in [1.82, 2.24) is 0 Å². The summed E-state index contributed by atoms with van der Waals surface area (Å²) in [6, 6.07) is 5.71. The van der Waals surface area contributed by atoms with Gasteiger partial charge < -0.3 is 15.5 Å². The van der Waals surface area contributed by atoms with E-state index in [0.717, 1.165) is 14.6 Å². The molecule has 3 N–H and O–H groups in total. The Morgan fingerprint density at radius 3 is 2.71 bits per heavy atom. The van der Waals surface area contributed by atoms with Gasteiger partial charge in [-0.15, -0.1) is 0 Å². The van der Waals surface area contributed by atoms with E-state index in [1.807, 2.05) is 18.2 Å². The molecule has 0 aliphatic carbocycles. The zero-order valence-electron chi connectivity index (χ0n) is 7.37. The lowest BCUT2D eigenvalue weighted by Gasteiger charge is -2.11. The van der Waals surface area contributed by atoms with Crippen LogP contribution < -0.4 is 5.32 Å². The third-order valence-corrected chi connectivity index (χ3v) is 2.85. The van der Waals surface area contributed by atoms with Gasteiger partial charge in [-0.1, -0.05) is 15.9 Å². The molecular weight excluding hydrogens is 314 g/mol. The molecule has 1 rings (SSSR count). The Labute approximate surface area is 99.4 Å². The fraction of sp³-hybridized carbons (Fsp3) is 0.333. The van der Waals surface area contributed by atoms with Crippen LogP contribution in [0.25, 0.3) is 0 Å². The third kappa shape index (κ3) is 3.57. The van der Waals surface area contributed by atoms with Crippen LogP contribution in [0.4, 0.5) is 5.69 Å². The fourth-order valence-electron chi connectivity index (χ4n) is 0.925. The van der Waals surface area contributed by atoms with Crippen molar-refractivity contribution in [1.29, 1.82) is 0 Å². The van der Waals surface area contributed by atoms with E-state index in [2.05, 4.69) is 37.2 Å². The van der Waals surface area contributed by atoms with E-state index < -0.39 is 6.10 Å². The average molecular weight is 325 g/mol. The van der Waals surface area contributed by atoms with Crippen LogP contribution >= 0.6 is 31.9 Å². The Morgan fingerprint density at radius 2 is 2.07 bits per heavy atom. The molecule has 14 heavy (non-hydrogen) atoms. The second kappa shape index (κ2) is 5.70. The van der Waals surface area contributed by atoms with Gasteiger partial charge in [-0.25, -0.2) is 0 Å². The predicted octanol–water partition coefficient (Wildman–Crippen LogP) is 1.98. The van der Waals surface area contributed by atoms with Crippen molar-refractivity contribution in [2.75, 3.05) is 18.5 Å². The molecule has 0 radical (unpaired) electrons. The summed E-state index contributed by atoms with van der Waals surface area (Å²) in [6.07, 6.45) is -0.735. The Balaban J connectivity index is 2.62. The average Bonchev–Trinajstić information content (AvgIpc) is 2.19. The Morgan fingerprint density at radius 1 is 1.36 bits per heavy atom. The molecule has 0 amide bonds. The maximum atomic E-state index is 9.14. The summed E-state index contributed by atoms with van der Waals surface area (Å²) < 4.78 is 1.88. The van der Waals surface area contributed by atoms with Crippen molar-refractivity contribution in [3.05, 3.63) is 27.1 Å². The number of anilines is 1. The molecule has 0 aromatic heterocycles. The van der Waals surface area contributed by atoms with Crippen LogP contribution in [0.2, 0.25) is 0 Å². The van der Waals surface area contributed by atoms with Gasteiger partial charge in [-0.2, -0.15) is 0 Å². The number of rotatable bonds is 4. The largest absolute Gasteiger partial charge is 0.394 e. The summed E-state index contributed by atoms with van der Waals surface area (Å²) in [4.78, 5) is 0. The Bertz CT molecular complexity index is 307. The maximum Gasteiger partial charge on any atom is 0.0942 e. The van der Waals surface area contributed by atoms with Crippen LogP contribution in [0.5, 0.6) is 0 Å². The van der Waals surface area contributed by atoms with Crippen molar-refractivity contribution in [3.8, 4) is 0 Å². The molecule has 3 nitrogen and oxygen atoms in total. The molecule has 78 valence electrons. The fourth-order valence-corrected chi connectivity index (χ4v) is 1.67. The highest BCUT2D eigenvalue weighted by Crippen LogP contribution is 2.25. The van der Waals surface area contributed by atoms with Gasteiger partial charge in [0.05, 0.1) is 12.7 Å². The number of hydrogen-bond acceptors (Lipinski definition) is 3. The predicted molar refractivity (Wildman–Crippen MR) is 63.4 cm³/mol. The highest BCUT2D eigenvalue weighted by Gasteiger charge is 2.04. The van der Waals surface area contributed by atoms with E-state index >= 15 is 0 Å². The lowest BCUT2D eigenvalue weighted by atomic mass is 10.3. The van der Waals surface area contributed by atoms with Gasteiger partial charge in [0.2, 0.25) is 0 Å². The monoisotopic (exact) mass is 323 g/mol. The summed E-state index contributed by atoms with van der Waals surface area (Å²) >= 11 is 6.72. The molecule has 0 fully saturated rings. The van der Waals surface area contributed by atoms with E-state index in [9.17, 15) is 0 Å². The van der Waals surface area contributed by atoms with E-state index in [-0.39, 0.29) is 6.61 Å². The van der Waals surface area contributed by atoms with Gasteiger partial charge in [-0.3, -0.25) is 0 Å². The first-order valence-corrected chi connectivity index (χ1v) is 5.70. The van der Waals surface area contributed by atoms with Crippen molar-refractivity contribution in [3.63, 3.8) is 0 Å². The van der Waals surface area contributed by atoms with E-state index in [1.54, 1.807) is 0 Å². The molecule has 0 spiro atoms. The van der Waals surface area contributed by atoms with Crippen molar-refractivity contribution in [2.24, 2.45) is 0 Å². The lowest BCUT2D eigenvalue weighted by Crippen LogP contribution is -2.23. The molecule has 1 unspecified atom stereocenters. The smallest absolute Gasteiger partial charge is 0.0942 e. The van der Waals surface area contributed by atoms with Crippen LogP contribution in [-0.4, -0.2) is 29.5 Å². The first kappa shape index (κ1) is 12.0. The minimum absolute atomic E-state index is 0.237. The van der Waals surface area contributed by atoms with Gasteiger partial charge >= 0.3 is 0 Å². The zero-order valence-corrected chi connectivity index (χ0v) is 10.5. The third-order valence-electron chi connectivity index (χ3n) is 1.67. The molecule has 0 heterocycles. The molecule has 1 aromatic carbocycles. The molecular formula is C9H11Br2NO2. The first-order valence-electron chi connectivity index (χ1n) is 4.11. The summed E-state index contributed by atoms with van der Waals surface area (Å²) in [7, 11) is 0. The standard InChI is InChI=1S/C9H11Br2NO2/c10-6-1-2-8(11)9(3-6)12-4-7(14)5-13/h1-3,7,12-14H,4-5H2. The minimum atomic E-state index is -0.735. The summed E-state index contributed by atoms with van der Waals surface area (Å²) in [5.74, 6) is 0. The number of nitrogens with one attached hydrogen (secondary N) is 1. The molecule has 1 atom stereocenters. The van der Waals surface area contributed by atoms with Crippen LogP contribution in [-0.2, 0) is 0 Å². The molecule has 1 aromatic rings. The van der Waals surface area contributed by atoms with E-state index in [1.165, 1.54) is 0 Å². The Hall–Kier alpha value is -0.100. The van der Waals surface area contributed by atoms with Gasteiger partial charge in [0.1, 0.15) is 0 Å². The molecule has 0 saturated carbocycles. The number of benzene rings is 1. The molecule has 0 bridgehead atoms. The van der Waals surface area contributed by atoms with Crippen molar-refractivity contribution in [2.45, 2.75) is 6.10 Å². The van der Waals surface area contributed by atoms with Gasteiger partial charge in [0.25, 0.3) is 0 Å². The first-order chi connectivity index (χ1) is 6.63. The number of aliphatic hydroxyl groups excluding tert-OH is 2. The lowest BCUT2D eigenvalue weighted by molar-refractivity contribution is 0.105. The van der Waals surface area contributed by atoms with Crippen molar-refractivity contribution >= 4 is 37.5 Å². The van der Waals surface area contributed by atoms with Gasteiger partial charge in [0, 0.05) is 21.2 Å². The quantitative estimate of drug-likeness (QED) is 0.793. The van der Waals surface area contributed by atoms with Crippen molar-refractivity contribution < 1.29 is 10.2 Å². The van der Waals surface area contributed by atoms with Crippen LogP contribution in [0, 0.1) is 0 Å². The molecule has 5 heteroatoms. The normalized spacial score (nSPS) is 12.6. The van der Waals surface area contributed by atoms with Crippen LogP contribution in [0.3, 0.4) is 0 Å².